The van der Waals surface area contributed by atoms with Crippen LogP contribution >= 0.6 is 23.4 Å². The summed E-state index contributed by atoms with van der Waals surface area (Å²) in [4.78, 5) is 36.2. The third kappa shape index (κ3) is 6.58. The van der Waals surface area contributed by atoms with Gasteiger partial charge in [0.2, 0.25) is 0 Å². The van der Waals surface area contributed by atoms with Crippen LogP contribution in [0.25, 0.3) is 0 Å². The fourth-order valence-corrected chi connectivity index (χ4v) is 2.96. The van der Waals surface area contributed by atoms with Crippen LogP contribution in [0.3, 0.4) is 0 Å². The minimum absolute atomic E-state index is 0.0240. The third-order valence-electron chi connectivity index (χ3n) is 3.51. The highest BCUT2D eigenvalue weighted by Gasteiger charge is 2.18. The number of ether oxygens (including phenoxy) is 3. The lowest BCUT2D eigenvalue weighted by atomic mass is 10.2. The van der Waals surface area contributed by atoms with Gasteiger partial charge in [-0.3, -0.25) is 9.59 Å². The summed E-state index contributed by atoms with van der Waals surface area (Å²) < 4.78 is 15.3. The molecule has 8 nitrogen and oxygen atoms in total. The molecule has 0 spiro atoms. The first kappa shape index (κ1) is 22.4. The van der Waals surface area contributed by atoms with Crippen molar-refractivity contribution in [1.29, 1.82) is 0 Å². The first-order chi connectivity index (χ1) is 13.8. The Hall–Kier alpha value is -2.91. The summed E-state index contributed by atoms with van der Waals surface area (Å²) in [6.07, 6.45) is 1.92. The number of nitrogens with two attached hydrogens (primary N) is 1. The third-order valence-corrected chi connectivity index (χ3v) is 4.52. The first-order valence-electron chi connectivity index (χ1n) is 8.23. The molecule has 0 saturated carbocycles. The number of hydrogen-bond acceptors (Lipinski definition) is 7. The van der Waals surface area contributed by atoms with E-state index < -0.39 is 31.0 Å². The van der Waals surface area contributed by atoms with Gasteiger partial charge in [0.05, 0.1) is 17.7 Å². The van der Waals surface area contributed by atoms with E-state index in [1.807, 2.05) is 18.4 Å². The molecule has 0 unspecified atom stereocenters. The highest BCUT2D eigenvalue weighted by Crippen LogP contribution is 2.36. The number of benzene rings is 2. The summed E-state index contributed by atoms with van der Waals surface area (Å²) in [7, 11) is 1.34. The zero-order valence-corrected chi connectivity index (χ0v) is 17.3. The van der Waals surface area contributed by atoms with Crippen LogP contribution in [0, 0.1) is 0 Å². The van der Waals surface area contributed by atoms with Crippen LogP contribution in [-0.4, -0.2) is 44.4 Å². The Kier molecular flexibility index (Phi) is 8.17. The van der Waals surface area contributed by atoms with E-state index in [4.69, 9.17) is 31.5 Å². The van der Waals surface area contributed by atoms with E-state index in [9.17, 15) is 14.4 Å². The lowest BCUT2D eigenvalue weighted by Gasteiger charge is -2.13. The SMILES string of the molecule is COc1cc(C(=O)OCC(=O)Nc2cccc(SC)c2)cc(Cl)c1OCC(N)=O. The zero-order chi connectivity index (χ0) is 21.4. The molecule has 0 aromatic heterocycles. The molecule has 0 radical (unpaired) electrons. The number of anilines is 1. The molecule has 0 saturated heterocycles. The van der Waals surface area contributed by atoms with E-state index in [1.165, 1.54) is 31.0 Å². The van der Waals surface area contributed by atoms with Gasteiger partial charge in [0, 0.05) is 10.6 Å². The Morgan fingerprint density at radius 3 is 2.59 bits per heavy atom. The van der Waals surface area contributed by atoms with Gasteiger partial charge in [-0.1, -0.05) is 17.7 Å². The molecular formula is C19H19ClN2O6S. The molecule has 2 aromatic carbocycles. The van der Waals surface area contributed by atoms with Crippen molar-refractivity contribution < 1.29 is 28.6 Å². The molecular weight excluding hydrogens is 420 g/mol. The highest BCUT2D eigenvalue weighted by molar-refractivity contribution is 7.98. The first-order valence-corrected chi connectivity index (χ1v) is 9.84. The number of thioether (sulfide) groups is 1. The van der Waals surface area contributed by atoms with Crippen molar-refractivity contribution in [2.24, 2.45) is 5.73 Å². The Balaban J connectivity index is 2.01. The van der Waals surface area contributed by atoms with Crippen molar-refractivity contribution in [3.05, 3.63) is 47.0 Å². The number of nitrogens with one attached hydrogen (secondary N) is 1. The molecule has 0 aliphatic rings. The number of halogens is 1. The maximum absolute atomic E-state index is 12.3. The highest BCUT2D eigenvalue weighted by atomic mass is 35.5. The summed E-state index contributed by atoms with van der Waals surface area (Å²) in [5, 5.41) is 2.67. The topological polar surface area (TPSA) is 117 Å². The van der Waals surface area contributed by atoms with E-state index in [1.54, 1.807) is 12.1 Å². The summed E-state index contributed by atoms with van der Waals surface area (Å²) in [5.41, 5.74) is 5.69. The Morgan fingerprint density at radius 1 is 1.17 bits per heavy atom. The average Bonchev–Trinajstić information content (AvgIpc) is 2.70. The minimum atomic E-state index is -0.778. The van der Waals surface area contributed by atoms with Crippen LogP contribution in [0.5, 0.6) is 11.5 Å². The second-order valence-electron chi connectivity index (χ2n) is 5.60. The van der Waals surface area contributed by atoms with E-state index in [0.717, 1.165) is 4.90 Å². The molecule has 0 aliphatic heterocycles. The van der Waals surface area contributed by atoms with E-state index in [0.29, 0.717) is 5.69 Å². The van der Waals surface area contributed by atoms with Crippen LogP contribution in [0.2, 0.25) is 5.02 Å². The fourth-order valence-electron chi connectivity index (χ4n) is 2.23. The number of hydrogen-bond donors (Lipinski definition) is 2. The van der Waals surface area contributed by atoms with Crippen molar-refractivity contribution in [2.75, 3.05) is 31.9 Å². The van der Waals surface area contributed by atoms with Crippen molar-refractivity contribution in [3.63, 3.8) is 0 Å². The number of amides is 2. The van der Waals surface area contributed by atoms with Gasteiger partial charge in [-0.15, -0.1) is 11.8 Å². The minimum Gasteiger partial charge on any atom is -0.493 e. The molecule has 0 atom stereocenters. The predicted molar refractivity (Wildman–Crippen MR) is 110 cm³/mol. The van der Waals surface area contributed by atoms with Gasteiger partial charge in [-0.2, -0.15) is 0 Å². The number of carbonyl (C=O) groups is 3. The van der Waals surface area contributed by atoms with Gasteiger partial charge in [0.1, 0.15) is 0 Å². The lowest BCUT2D eigenvalue weighted by Crippen LogP contribution is -2.21. The van der Waals surface area contributed by atoms with Gasteiger partial charge in [0.25, 0.3) is 11.8 Å². The molecule has 2 rings (SSSR count). The number of methoxy groups -OCH3 is 1. The van der Waals surface area contributed by atoms with Gasteiger partial charge in [0.15, 0.2) is 24.7 Å². The van der Waals surface area contributed by atoms with Crippen LogP contribution in [0.4, 0.5) is 5.69 Å². The number of esters is 1. The summed E-state index contributed by atoms with van der Waals surface area (Å²) >= 11 is 7.63. The molecule has 154 valence electrons. The van der Waals surface area contributed by atoms with Gasteiger partial charge >= 0.3 is 5.97 Å². The number of primary amides is 1. The number of carbonyl (C=O) groups excluding carboxylic acids is 3. The Labute approximate surface area is 176 Å². The maximum Gasteiger partial charge on any atom is 0.338 e. The van der Waals surface area contributed by atoms with E-state index in [2.05, 4.69) is 5.32 Å². The van der Waals surface area contributed by atoms with Gasteiger partial charge in [-0.05, 0) is 36.6 Å². The van der Waals surface area contributed by atoms with Crippen LogP contribution in [0.15, 0.2) is 41.3 Å². The molecule has 3 N–H and O–H groups in total. The maximum atomic E-state index is 12.3. The normalized spacial score (nSPS) is 10.2. The standard InChI is InChI=1S/C19H19ClN2O6S/c1-26-15-7-11(6-14(20)18(15)27-9-16(21)23)19(25)28-10-17(24)22-12-4-3-5-13(8-12)29-2/h3-8H,9-10H2,1-2H3,(H2,21,23)(H,22,24). The van der Waals surface area contributed by atoms with Crippen LogP contribution in [0.1, 0.15) is 10.4 Å². The van der Waals surface area contributed by atoms with Crippen molar-refractivity contribution in [1.82, 2.24) is 0 Å². The smallest absolute Gasteiger partial charge is 0.338 e. The molecule has 10 heteroatoms. The quantitative estimate of drug-likeness (QED) is 0.456. The molecule has 0 fully saturated rings. The second-order valence-corrected chi connectivity index (χ2v) is 6.89. The summed E-state index contributed by atoms with van der Waals surface area (Å²) in [6, 6.07) is 9.86. The lowest BCUT2D eigenvalue weighted by molar-refractivity contribution is -0.120. The molecule has 2 aromatic rings. The predicted octanol–water partition coefficient (Wildman–Crippen LogP) is 2.73. The Bertz CT molecular complexity index is 922. The van der Waals surface area contributed by atoms with E-state index >= 15 is 0 Å². The molecule has 0 bridgehead atoms. The van der Waals surface area contributed by atoms with Crippen molar-refractivity contribution in [3.8, 4) is 11.5 Å². The summed E-state index contributed by atoms with van der Waals surface area (Å²) in [5.74, 6) is -1.78. The molecule has 0 heterocycles. The van der Waals surface area contributed by atoms with Gasteiger partial charge < -0.3 is 25.3 Å². The second kappa shape index (κ2) is 10.6. The van der Waals surface area contributed by atoms with Crippen LogP contribution < -0.4 is 20.5 Å². The molecule has 0 aliphatic carbocycles. The molecule has 29 heavy (non-hydrogen) atoms. The van der Waals surface area contributed by atoms with Crippen molar-refractivity contribution in [2.45, 2.75) is 4.90 Å². The van der Waals surface area contributed by atoms with E-state index in [-0.39, 0.29) is 22.1 Å². The van der Waals surface area contributed by atoms with Crippen molar-refractivity contribution >= 4 is 46.8 Å². The number of rotatable bonds is 9. The Morgan fingerprint density at radius 2 is 1.93 bits per heavy atom. The molecule has 2 amide bonds. The largest absolute Gasteiger partial charge is 0.493 e. The average molecular weight is 439 g/mol. The van der Waals surface area contributed by atoms with Crippen LogP contribution in [-0.2, 0) is 14.3 Å². The van der Waals surface area contributed by atoms with Gasteiger partial charge in [-0.25, -0.2) is 4.79 Å². The zero-order valence-electron chi connectivity index (χ0n) is 15.7. The monoisotopic (exact) mass is 438 g/mol. The fraction of sp³-hybridized carbons (Fsp3) is 0.211. The summed E-state index contributed by atoms with van der Waals surface area (Å²) in [6.45, 7) is -0.889.